The smallest absolute Gasteiger partial charge is 0.339 e. The Morgan fingerprint density at radius 2 is 2.00 bits per heavy atom. The van der Waals surface area contributed by atoms with Gasteiger partial charge in [0.2, 0.25) is 5.91 Å². The van der Waals surface area contributed by atoms with Crippen molar-refractivity contribution in [1.29, 1.82) is 0 Å². The molecule has 0 unspecified atom stereocenters. The third-order valence-corrected chi connectivity index (χ3v) is 5.01. The fourth-order valence-electron chi connectivity index (χ4n) is 3.64. The zero-order chi connectivity index (χ0) is 16.4. The number of carbonyl (C=O) groups excluding carboxylic acids is 2. The van der Waals surface area contributed by atoms with Gasteiger partial charge in [-0.3, -0.25) is 9.59 Å². The van der Waals surface area contributed by atoms with Crippen LogP contribution < -0.4 is 10.9 Å². The van der Waals surface area contributed by atoms with Crippen molar-refractivity contribution < 1.29 is 14.3 Å². The number of nitrogens with one attached hydrogen (secondary N) is 2. The highest BCUT2D eigenvalue weighted by Gasteiger charge is 2.47. The predicted octanol–water partition coefficient (Wildman–Crippen LogP) is 2.32. The zero-order valence-electron chi connectivity index (χ0n) is 13.3. The molecule has 0 radical (unpaired) electrons. The molecule has 0 spiro atoms. The number of esters is 1. The minimum absolute atomic E-state index is 0.000664. The second-order valence-electron chi connectivity index (χ2n) is 6.52. The minimum Gasteiger partial charge on any atom is -0.465 e. The van der Waals surface area contributed by atoms with Crippen molar-refractivity contribution in [2.75, 3.05) is 12.4 Å². The van der Waals surface area contributed by atoms with E-state index in [0.717, 1.165) is 6.42 Å². The molecule has 6 heteroatoms. The molecule has 1 aromatic heterocycles. The molecule has 0 bridgehead atoms. The van der Waals surface area contributed by atoms with E-state index in [1.54, 1.807) is 0 Å². The van der Waals surface area contributed by atoms with Gasteiger partial charge in [0.05, 0.1) is 12.7 Å². The van der Waals surface area contributed by atoms with Crippen molar-refractivity contribution in [2.45, 2.75) is 38.5 Å². The summed E-state index contributed by atoms with van der Waals surface area (Å²) >= 11 is 0. The van der Waals surface area contributed by atoms with E-state index in [0.29, 0.717) is 11.8 Å². The van der Waals surface area contributed by atoms with E-state index in [9.17, 15) is 14.4 Å². The summed E-state index contributed by atoms with van der Waals surface area (Å²) in [4.78, 5) is 38.1. The van der Waals surface area contributed by atoms with Gasteiger partial charge in [-0.25, -0.2) is 4.79 Å². The fraction of sp³-hybridized carbons (Fsp3) is 0.588. The second-order valence-corrected chi connectivity index (χ2v) is 6.52. The number of hydrogen-bond donors (Lipinski definition) is 2. The van der Waals surface area contributed by atoms with E-state index in [4.69, 9.17) is 0 Å². The number of carbonyl (C=O) groups is 2. The van der Waals surface area contributed by atoms with Crippen LogP contribution in [-0.4, -0.2) is 24.0 Å². The Kier molecular flexibility index (Phi) is 4.50. The molecular weight excluding hydrogens is 296 g/mol. The van der Waals surface area contributed by atoms with Crippen LogP contribution in [-0.2, 0) is 9.53 Å². The van der Waals surface area contributed by atoms with E-state index >= 15 is 0 Å². The van der Waals surface area contributed by atoms with E-state index in [1.807, 2.05) is 0 Å². The maximum Gasteiger partial charge on any atom is 0.339 e. The number of aromatic amines is 1. The highest BCUT2D eigenvalue weighted by atomic mass is 16.5. The first-order valence-corrected chi connectivity index (χ1v) is 8.22. The summed E-state index contributed by atoms with van der Waals surface area (Å²) in [6.45, 7) is 0. The number of H-pyrrole nitrogens is 1. The number of aromatic nitrogens is 1. The molecule has 2 saturated carbocycles. The van der Waals surface area contributed by atoms with Crippen LogP contribution >= 0.6 is 0 Å². The average Bonchev–Trinajstić information content (AvgIpc) is 3.37. The van der Waals surface area contributed by atoms with Crippen molar-refractivity contribution in [3.8, 4) is 0 Å². The van der Waals surface area contributed by atoms with E-state index in [2.05, 4.69) is 15.0 Å². The molecule has 2 N–H and O–H groups in total. The van der Waals surface area contributed by atoms with Gasteiger partial charge >= 0.3 is 5.97 Å². The standard InChI is InChI=1S/C17H22N2O4/c1-23-17(22)11-7-14(16(21)18-9-11)19-15(20)13-8-12(13)10-5-3-2-4-6-10/h7,9-10,12-13H,2-6,8H2,1H3,(H,18,21)(H,19,20)/t12-,13-/m1/s1. The van der Waals surface area contributed by atoms with E-state index in [1.165, 1.54) is 51.5 Å². The summed E-state index contributed by atoms with van der Waals surface area (Å²) in [5.41, 5.74) is -0.102. The molecule has 2 fully saturated rings. The molecule has 0 saturated heterocycles. The minimum atomic E-state index is -0.553. The third-order valence-electron chi connectivity index (χ3n) is 5.01. The summed E-state index contributed by atoms with van der Waals surface area (Å²) < 4.78 is 4.62. The van der Waals surface area contributed by atoms with Crippen LogP contribution in [0.1, 0.15) is 48.9 Å². The largest absolute Gasteiger partial charge is 0.465 e. The number of methoxy groups -OCH3 is 1. The van der Waals surface area contributed by atoms with Gasteiger partial charge in [-0.2, -0.15) is 0 Å². The van der Waals surface area contributed by atoms with Crippen LogP contribution in [0, 0.1) is 17.8 Å². The highest BCUT2D eigenvalue weighted by molar-refractivity contribution is 5.96. The maximum absolute atomic E-state index is 12.4. The maximum atomic E-state index is 12.4. The average molecular weight is 318 g/mol. The quantitative estimate of drug-likeness (QED) is 0.834. The molecule has 2 atom stereocenters. The number of rotatable bonds is 4. The van der Waals surface area contributed by atoms with Crippen molar-refractivity contribution >= 4 is 17.6 Å². The monoisotopic (exact) mass is 318 g/mol. The summed E-state index contributed by atoms with van der Waals surface area (Å²) in [7, 11) is 1.27. The topological polar surface area (TPSA) is 88.3 Å². The van der Waals surface area contributed by atoms with Crippen LogP contribution in [0.25, 0.3) is 0 Å². The highest BCUT2D eigenvalue weighted by Crippen LogP contribution is 2.49. The lowest BCUT2D eigenvalue weighted by molar-refractivity contribution is -0.117. The number of anilines is 1. The normalized spacial score (nSPS) is 24.0. The zero-order valence-corrected chi connectivity index (χ0v) is 13.3. The lowest BCUT2D eigenvalue weighted by Gasteiger charge is -2.21. The molecule has 23 heavy (non-hydrogen) atoms. The van der Waals surface area contributed by atoms with Crippen LogP contribution in [0.3, 0.4) is 0 Å². The SMILES string of the molecule is COC(=O)c1c[nH]c(=O)c(NC(=O)[C@@H]2C[C@@H]2C2CCCCC2)c1. The Balaban J connectivity index is 1.64. The molecule has 0 aromatic carbocycles. The Bertz CT molecular complexity index is 661. The lowest BCUT2D eigenvalue weighted by atomic mass is 9.85. The summed E-state index contributed by atoms with van der Waals surface area (Å²) in [5.74, 6) is 0.438. The number of pyridine rings is 1. The molecule has 3 rings (SSSR count). The molecule has 0 aliphatic heterocycles. The lowest BCUT2D eigenvalue weighted by Crippen LogP contribution is -2.23. The van der Waals surface area contributed by atoms with Gasteiger partial charge in [0.1, 0.15) is 5.69 Å². The summed E-state index contributed by atoms with van der Waals surface area (Å²) in [6.07, 6.45) is 8.44. The molecule has 1 amide bonds. The van der Waals surface area contributed by atoms with Gasteiger partial charge in [-0.05, 0) is 24.3 Å². The molecule has 6 nitrogen and oxygen atoms in total. The van der Waals surface area contributed by atoms with Gasteiger partial charge in [0, 0.05) is 12.1 Å². The Labute approximate surface area is 134 Å². The van der Waals surface area contributed by atoms with Crippen molar-refractivity contribution in [3.05, 3.63) is 28.2 Å². The van der Waals surface area contributed by atoms with Gasteiger partial charge in [-0.1, -0.05) is 32.1 Å². The summed E-state index contributed by atoms with van der Waals surface area (Å²) in [6, 6.07) is 1.36. The van der Waals surface area contributed by atoms with Crippen LogP contribution in [0.2, 0.25) is 0 Å². The molecular formula is C17H22N2O4. The van der Waals surface area contributed by atoms with Gasteiger partial charge < -0.3 is 15.0 Å². The van der Waals surface area contributed by atoms with E-state index < -0.39 is 11.5 Å². The van der Waals surface area contributed by atoms with Crippen molar-refractivity contribution in [2.24, 2.45) is 17.8 Å². The first-order valence-electron chi connectivity index (χ1n) is 8.22. The Morgan fingerprint density at radius 3 is 2.70 bits per heavy atom. The predicted molar refractivity (Wildman–Crippen MR) is 85.2 cm³/mol. The van der Waals surface area contributed by atoms with Gasteiger partial charge in [-0.15, -0.1) is 0 Å². The number of ether oxygens (including phenoxy) is 1. The van der Waals surface area contributed by atoms with Crippen LogP contribution in [0.4, 0.5) is 5.69 Å². The molecule has 1 heterocycles. The molecule has 2 aliphatic carbocycles. The molecule has 1 aromatic rings. The molecule has 124 valence electrons. The van der Waals surface area contributed by atoms with Crippen molar-refractivity contribution in [1.82, 2.24) is 4.98 Å². The van der Waals surface area contributed by atoms with Gasteiger partial charge in [0.25, 0.3) is 5.56 Å². The number of amides is 1. The number of hydrogen-bond acceptors (Lipinski definition) is 4. The fourth-order valence-corrected chi connectivity index (χ4v) is 3.64. The van der Waals surface area contributed by atoms with Crippen molar-refractivity contribution in [3.63, 3.8) is 0 Å². The van der Waals surface area contributed by atoms with Gasteiger partial charge in [0.15, 0.2) is 0 Å². The first kappa shape index (κ1) is 15.8. The molecule has 2 aliphatic rings. The second kappa shape index (κ2) is 6.56. The Hall–Kier alpha value is -2.11. The Morgan fingerprint density at radius 1 is 1.26 bits per heavy atom. The van der Waals surface area contributed by atoms with Crippen LogP contribution in [0.5, 0.6) is 0 Å². The first-order chi connectivity index (χ1) is 11.1. The van der Waals surface area contributed by atoms with Crippen LogP contribution in [0.15, 0.2) is 17.1 Å². The third kappa shape index (κ3) is 3.46. The van der Waals surface area contributed by atoms with E-state index in [-0.39, 0.29) is 23.1 Å². The summed E-state index contributed by atoms with van der Waals surface area (Å²) in [5, 5.41) is 2.67.